The average Bonchev–Trinajstić information content (AvgIpc) is 2.95. The van der Waals surface area contributed by atoms with Gasteiger partial charge >= 0.3 is 6.03 Å². The number of carbonyl (C=O) groups excluding carboxylic acids is 2. The number of nitrogens with zero attached hydrogens (tertiary/aromatic N) is 3. The molecule has 0 atom stereocenters. The lowest BCUT2D eigenvalue weighted by Gasteiger charge is -2.19. The van der Waals surface area contributed by atoms with Crippen molar-refractivity contribution in [3.05, 3.63) is 53.7 Å². The van der Waals surface area contributed by atoms with Gasteiger partial charge < -0.3 is 10.2 Å². The van der Waals surface area contributed by atoms with Gasteiger partial charge in [0, 0.05) is 24.5 Å². The van der Waals surface area contributed by atoms with E-state index >= 15 is 0 Å². The third-order valence-electron chi connectivity index (χ3n) is 4.46. The first kappa shape index (κ1) is 17.9. The predicted molar refractivity (Wildman–Crippen MR) is 102 cm³/mol. The molecule has 2 aromatic rings. The number of hydrogen-bond acceptors (Lipinski definition) is 3. The predicted octanol–water partition coefficient (Wildman–Crippen LogP) is 3.39. The first-order chi connectivity index (χ1) is 12.4. The summed E-state index contributed by atoms with van der Waals surface area (Å²) in [6, 6.07) is 13.3. The molecule has 136 valence electrons. The molecule has 6 nitrogen and oxygen atoms in total. The van der Waals surface area contributed by atoms with Crippen LogP contribution in [0.25, 0.3) is 0 Å². The fourth-order valence-corrected chi connectivity index (χ4v) is 2.98. The Labute approximate surface area is 153 Å². The standard InChI is InChI=1S/C20H24N4O2/c1-14(2)16-7-9-17(10-8-16)24-12-11-23(20(24)26)13-19(25)22-18-6-4-5-15(3)21-18/h4-10,14H,11-13H2,1-3H3,(H,21,22,25). The van der Waals surface area contributed by atoms with Crippen molar-refractivity contribution in [2.24, 2.45) is 0 Å². The van der Waals surface area contributed by atoms with Crippen LogP contribution in [0.3, 0.4) is 0 Å². The minimum atomic E-state index is -0.242. The van der Waals surface area contributed by atoms with Crippen LogP contribution < -0.4 is 10.2 Å². The van der Waals surface area contributed by atoms with Crippen molar-refractivity contribution in [3.8, 4) is 0 Å². The van der Waals surface area contributed by atoms with Crippen molar-refractivity contribution in [2.75, 3.05) is 29.9 Å². The maximum Gasteiger partial charge on any atom is 0.325 e. The maximum absolute atomic E-state index is 12.6. The maximum atomic E-state index is 12.6. The summed E-state index contributed by atoms with van der Waals surface area (Å²) < 4.78 is 0. The van der Waals surface area contributed by atoms with Crippen LogP contribution in [0.15, 0.2) is 42.5 Å². The minimum absolute atomic E-state index is 0.0229. The van der Waals surface area contributed by atoms with Gasteiger partial charge in [-0.2, -0.15) is 0 Å². The molecule has 1 aliphatic heterocycles. The molecule has 1 saturated heterocycles. The van der Waals surface area contributed by atoms with Gasteiger partial charge in [0.15, 0.2) is 0 Å². The summed E-state index contributed by atoms with van der Waals surface area (Å²) in [7, 11) is 0. The molecule has 1 aromatic heterocycles. The molecule has 3 rings (SSSR count). The van der Waals surface area contributed by atoms with Gasteiger partial charge in [0.2, 0.25) is 5.91 Å². The Kier molecular flexibility index (Phi) is 5.21. The number of hydrogen-bond donors (Lipinski definition) is 1. The van der Waals surface area contributed by atoms with Crippen LogP contribution in [0.2, 0.25) is 0 Å². The third kappa shape index (κ3) is 4.02. The van der Waals surface area contributed by atoms with Gasteiger partial charge in [-0.05, 0) is 42.7 Å². The summed E-state index contributed by atoms with van der Waals surface area (Å²) in [4.78, 5) is 32.4. The van der Waals surface area contributed by atoms with Crippen molar-refractivity contribution in [1.82, 2.24) is 9.88 Å². The van der Waals surface area contributed by atoms with E-state index in [2.05, 4.69) is 24.1 Å². The second-order valence-electron chi connectivity index (χ2n) is 6.81. The SMILES string of the molecule is Cc1cccc(NC(=O)CN2CCN(c3ccc(C(C)C)cc3)C2=O)n1. The van der Waals surface area contributed by atoms with Crippen LogP contribution in [0.4, 0.5) is 16.3 Å². The van der Waals surface area contributed by atoms with Crippen LogP contribution in [0.5, 0.6) is 0 Å². The highest BCUT2D eigenvalue weighted by atomic mass is 16.2. The second-order valence-corrected chi connectivity index (χ2v) is 6.81. The van der Waals surface area contributed by atoms with E-state index in [1.165, 1.54) is 5.56 Å². The summed E-state index contributed by atoms with van der Waals surface area (Å²) in [5.41, 5.74) is 2.93. The van der Waals surface area contributed by atoms with Crippen molar-refractivity contribution in [2.45, 2.75) is 26.7 Å². The van der Waals surface area contributed by atoms with Gasteiger partial charge in [-0.25, -0.2) is 9.78 Å². The zero-order chi connectivity index (χ0) is 18.7. The van der Waals surface area contributed by atoms with Crippen LogP contribution in [0.1, 0.15) is 31.0 Å². The van der Waals surface area contributed by atoms with Gasteiger partial charge in [0.05, 0.1) is 0 Å². The molecule has 0 radical (unpaired) electrons. The number of aromatic nitrogens is 1. The summed E-state index contributed by atoms with van der Waals surface area (Å²) in [6.45, 7) is 7.27. The number of amides is 3. The van der Waals surface area contributed by atoms with Crippen LogP contribution in [-0.4, -0.2) is 41.5 Å². The van der Waals surface area contributed by atoms with Crippen LogP contribution >= 0.6 is 0 Å². The number of benzene rings is 1. The van der Waals surface area contributed by atoms with Crippen LogP contribution in [-0.2, 0) is 4.79 Å². The summed E-state index contributed by atoms with van der Waals surface area (Å²) in [5, 5.41) is 2.74. The zero-order valence-corrected chi connectivity index (χ0v) is 15.4. The quantitative estimate of drug-likeness (QED) is 0.897. The second kappa shape index (κ2) is 7.56. The largest absolute Gasteiger partial charge is 0.325 e. The molecule has 0 spiro atoms. The van der Waals surface area contributed by atoms with E-state index in [0.717, 1.165) is 11.4 Å². The number of aryl methyl sites for hydroxylation is 1. The fourth-order valence-electron chi connectivity index (χ4n) is 2.98. The molecular formula is C20H24N4O2. The van der Waals surface area contributed by atoms with Gasteiger partial charge in [0.1, 0.15) is 12.4 Å². The van der Waals surface area contributed by atoms with E-state index in [-0.39, 0.29) is 18.5 Å². The first-order valence-electron chi connectivity index (χ1n) is 8.84. The first-order valence-corrected chi connectivity index (χ1v) is 8.84. The van der Waals surface area contributed by atoms with E-state index in [1.807, 2.05) is 43.3 Å². The van der Waals surface area contributed by atoms with Crippen molar-refractivity contribution < 1.29 is 9.59 Å². The molecule has 3 amide bonds. The summed E-state index contributed by atoms with van der Waals surface area (Å²) >= 11 is 0. The lowest BCUT2D eigenvalue weighted by Crippen LogP contribution is -2.37. The highest BCUT2D eigenvalue weighted by Gasteiger charge is 2.30. The molecule has 1 N–H and O–H groups in total. The van der Waals surface area contributed by atoms with E-state index in [1.54, 1.807) is 15.9 Å². The smallest absolute Gasteiger partial charge is 0.313 e. The number of nitrogens with one attached hydrogen (secondary N) is 1. The lowest BCUT2D eigenvalue weighted by atomic mass is 10.0. The fraction of sp³-hybridized carbons (Fsp3) is 0.350. The molecule has 0 bridgehead atoms. The molecule has 0 unspecified atom stereocenters. The van der Waals surface area contributed by atoms with Gasteiger partial charge in [-0.15, -0.1) is 0 Å². The Morgan fingerprint density at radius 2 is 1.88 bits per heavy atom. The van der Waals surface area contributed by atoms with E-state index in [9.17, 15) is 9.59 Å². The number of rotatable bonds is 5. The minimum Gasteiger partial charge on any atom is -0.313 e. The Morgan fingerprint density at radius 3 is 2.54 bits per heavy atom. The van der Waals surface area contributed by atoms with E-state index < -0.39 is 0 Å². The highest BCUT2D eigenvalue weighted by molar-refractivity contribution is 5.99. The molecule has 2 heterocycles. The molecule has 1 aromatic carbocycles. The van der Waals surface area contributed by atoms with Gasteiger partial charge in [-0.1, -0.05) is 32.0 Å². The van der Waals surface area contributed by atoms with Gasteiger partial charge in [0.25, 0.3) is 0 Å². The van der Waals surface area contributed by atoms with Crippen molar-refractivity contribution >= 4 is 23.4 Å². The monoisotopic (exact) mass is 352 g/mol. The molecule has 26 heavy (non-hydrogen) atoms. The molecule has 1 fully saturated rings. The Bertz CT molecular complexity index is 802. The Hall–Kier alpha value is -2.89. The topological polar surface area (TPSA) is 65.5 Å². The highest BCUT2D eigenvalue weighted by Crippen LogP contribution is 2.23. The lowest BCUT2D eigenvalue weighted by molar-refractivity contribution is -0.116. The molecule has 6 heteroatoms. The molecule has 1 aliphatic rings. The number of urea groups is 1. The van der Waals surface area contributed by atoms with Crippen LogP contribution in [0, 0.1) is 6.92 Å². The summed E-state index contributed by atoms with van der Waals surface area (Å²) in [5.74, 6) is 0.713. The number of anilines is 2. The van der Waals surface area contributed by atoms with Gasteiger partial charge in [-0.3, -0.25) is 9.69 Å². The Balaban J connectivity index is 1.61. The average molecular weight is 352 g/mol. The zero-order valence-electron chi connectivity index (χ0n) is 15.4. The normalized spacial score (nSPS) is 14.2. The van der Waals surface area contributed by atoms with Crippen molar-refractivity contribution in [1.29, 1.82) is 0 Å². The van der Waals surface area contributed by atoms with Crippen molar-refractivity contribution in [3.63, 3.8) is 0 Å². The number of pyridine rings is 1. The molecule has 0 aliphatic carbocycles. The van der Waals surface area contributed by atoms with E-state index in [4.69, 9.17) is 0 Å². The molecular weight excluding hydrogens is 328 g/mol. The molecule has 0 saturated carbocycles. The third-order valence-corrected chi connectivity index (χ3v) is 4.46. The Morgan fingerprint density at radius 1 is 1.15 bits per heavy atom. The number of carbonyl (C=O) groups is 2. The van der Waals surface area contributed by atoms with E-state index in [0.29, 0.717) is 24.8 Å². The summed E-state index contributed by atoms with van der Waals surface area (Å²) in [6.07, 6.45) is 0.